The van der Waals surface area contributed by atoms with Crippen molar-refractivity contribution in [3.8, 4) is 0 Å². The van der Waals surface area contributed by atoms with Crippen LogP contribution in [0.5, 0.6) is 0 Å². The highest BCUT2D eigenvalue weighted by Crippen LogP contribution is 2.41. The summed E-state index contributed by atoms with van der Waals surface area (Å²) in [4.78, 5) is 11.8. The molecule has 17 heavy (non-hydrogen) atoms. The van der Waals surface area contributed by atoms with Gasteiger partial charge >= 0.3 is 0 Å². The minimum absolute atomic E-state index is 0. The molecule has 1 aromatic carbocycles. The number of halogens is 2. The first-order valence-electron chi connectivity index (χ1n) is 5.53. The molecule has 1 aliphatic carbocycles. The average Bonchev–Trinajstić information content (AvgIpc) is 2.75. The number of hydrogen-bond donors (Lipinski definition) is 2. The molecule has 2 aliphatic rings. The lowest BCUT2D eigenvalue weighted by Gasteiger charge is -2.07. The molecule has 1 aromatic rings. The summed E-state index contributed by atoms with van der Waals surface area (Å²) in [6, 6.07) is 5.97. The summed E-state index contributed by atoms with van der Waals surface area (Å²) < 4.78 is 12.7. The van der Waals surface area contributed by atoms with Crippen molar-refractivity contribution in [2.45, 2.75) is 6.04 Å². The van der Waals surface area contributed by atoms with Crippen LogP contribution in [0.1, 0.15) is 10.4 Å². The Balaban J connectivity index is 0.00000108. The highest BCUT2D eigenvalue weighted by Gasteiger charge is 2.53. The molecule has 1 saturated heterocycles. The minimum atomic E-state index is -0.316. The van der Waals surface area contributed by atoms with E-state index in [9.17, 15) is 9.18 Å². The van der Waals surface area contributed by atoms with Crippen molar-refractivity contribution in [1.82, 2.24) is 10.6 Å². The zero-order valence-electron chi connectivity index (χ0n) is 9.15. The molecule has 2 fully saturated rings. The molecule has 2 N–H and O–H groups in total. The van der Waals surface area contributed by atoms with E-state index in [4.69, 9.17) is 0 Å². The molecule has 3 nitrogen and oxygen atoms in total. The number of fused-ring (bicyclic) bond motifs is 1. The van der Waals surface area contributed by atoms with E-state index in [-0.39, 0.29) is 24.1 Å². The maximum atomic E-state index is 12.7. The van der Waals surface area contributed by atoms with Gasteiger partial charge in [0.2, 0.25) is 0 Å². The van der Waals surface area contributed by atoms with Crippen LogP contribution in [-0.4, -0.2) is 25.0 Å². The summed E-state index contributed by atoms with van der Waals surface area (Å²) in [5.41, 5.74) is 0.527. The van der Waals surface area contributed by atoms with Crippen LogP contribution in [0.15, 0.2) is 24.3 Å². The Morgan fingerprint density at radius 3 is 2.41 bits per heavy atom. The lowest BCUT2D eigenvalue weighted by molar-refractivity contribution is 0.0946. The Kier molecular flexibility index (Phi) is 3.35. The van der Waals surface area contributed by atoms with Gasteiger partial charge in [-0.15, -0.1) is 12.4 Å². The van der Waals surface area contributed by atoms with E-state index >= 15 is 0 Å². The summed E-state index contributed by atoms with van der Waals surface area (Å²) >= 11 is 0. The number of hydrogen-bond acceptors (Lipinski definition) is 2. The van der Waals surface area contributed by atoms with Crippen molar-refractivity contribution in [2.75, 3.05) is 13.1 Å². The number of benzene rings is 1. The lowest BCUT2D eigenvalue weighted by atomic mass is 10.2. The molecule has 0 aromatic heterocycles. The van der Waals surface area contributed by atoms with Gasteiger partial charge in [0.1, 0.15) is 5.82 Å². The summed E-state index contributed by atoms with van der Waals surface area (Å²) in [7, 11) is 0. The third-order valence-corrected chi connectivity index (χ3v) is 3.50. The number of rotatable bonds is 2. The third kappa shape index (κ3) is 2.28. The van der Waals surface area contributed by atoms with Gasteiger partial charge in [-0.2, -0.15) is 0 Å². The first-order chi connectivity index (χ1) is 7.75. The van der Waals surface area contributed by atoms with Crippen molar-refractivity contribution in [3.05, 3.63) is 35.6 Å². The van der Waals surface area contributed by atoms with Crippen LogP contribution in [0.3, 0.4) is 0 Å². The Morgan fingerprint density at radius 2 is 1.82 bits per heavy atom. The Morgan fingerprint density at radius 1 is 1.24 bits per heavy atom. The maximum Gasteiger partial charge on any atom is 0.251 e. The van der Waals surface area contributed by atoms with Crippen molar-refractivity contribution >= 4 is 18.3 Å². The second-order valence-corrected chi connectivity index (χ2v) is 4.49. The fraction of sp³-hybridized carbons (Fsp3) is 0.417. The van der Waals surface area contributed by atoms with Crippen LogP contribution >= 0.6 is 12.4 Å². The Hall–Kier alpha value is -1.13. The third-order valence-electron chi connectivity index (χ3n) is 3.50. The molecule has 0 bridgehead atoms. The quantitative estimate of drug-likeness (QED) is 0.835. The van der Waals surface area contributed by atoms with Crippen molar-refractivity contribution in [1.29, 1.82) is 0 Å². The van der Waals surface area contributed by atoms with Crippen molar-refractivity contribution in [2.24, 2.45) is 11.8 Å². The summed E-state index contributed by atoms with van der Waals surface area (Å²) in [5.74, 6) is 0.789. The fourth-order valence-corrected chi connectivity index (χ4v) is 2.47. The molecule has 5 heteroatoms. The maximum absolute atomic E-state index is 12.7. The average molecular weight is 257 g/mol. The van der Waals surface area contributed by atoms with E-state index in [0.29, 0.717) is 23.4 Å². The molecule has 92 valence electrons. The molecule has 2 unspecified atom stereocenters. The van der Waals surface area contributed by atoms with Crippen LogP contribution < -0.4 is 10.6 Å². The highest BCUT2D eigenvalue weighted by molar-refractivity contribution is 5.94. The van der Waals surface area contributed by atoms with Crippen LogP contribution in [0.25, 0.3) is 0 Å². The lowest BCUT2D eigenvalue weighted by Crippen LogP contribution is -2.32. The van der Waals surface area contributed by atoms with Crippen molar-refractivity contribution in [3.63, 3.8) is 0 Å². The molecule has 3 rings (SSSR count). The zero-order chi connectivity index (χ0) is 11.1. The molecule has 1 aliphatic heterocycles. The Labute approximate surface area is 105 Å². The van der Waals surface area contributed by atoms with Gasteiger partial charge in [0, 0.05) is 24.7 Å². The molecule has 0 radical (unpaired) electrons. The van der Waals surface area contributed by atoms with Gasteiger partial charge < -0.3 is 10.6 Å². The molecule has 1 heterocycles. The number of piperidine rings is 1. The highest BCUT2D eigenvalue weighted by atomic mass is 35.5. The molecule has 1 saturated carbocycles. The first-order valence-corrected chi connectivity index (χ1v) is 5.53. The van der Waals surface area contributed by atoms with Gasteiger partial charge in [-0.25, -0.2) is 4.39 Å². The van der Waals surface area contributed by atoms with E-state index in [2.05, 4.69) is 10.6 Å². The predicted octanol–water partition coefficient (Wildman–Crippen LogP) is 1.20. The van der Waals surface area contributed by atoms with E-state index in [0.717, 1.165) is 13.1 Å². The SMILES string of the molecule is Cl.O=C(NC1C2CNCC21)c1ccc(F)cc1. The molecule has 2 atom stereocenters. The van der Waals surface area contributed by atoms with Gasteiger partial charge in [0.15, 0.2) is 0 Å². The normalized spacial score (nSPS) is 29.1. The van der Waals surface area contributed by atoms with E-state index in [1.807, 2.05) is 0 Å². The standard InChI is InChI=1S/C12H13FN2O.ClH/c13-8-3-1-7(2-4-8)12(16)15-11-9-5-14-6-10(9)11;/h1-4,9-11,14H,5-6H2,(H,15,16);1H. The Bertz CT molecular complexity index is 413. The van der Waals surface area contributed by atoms with Crippen LogP contribution in [0.4, 0.5) is 4.39 Å². The topological polar surface area (TPSA) is 41.1 Å². The number of nitrogens with one attached hydrogen (secondary N) is 2. The van der Waals surface area contributed by atoms with Gasteiger partial charge in [0.25, 0.3) is 5.91 Å². The predicted molar refractivity (Wildman–Crippen MR) is 64.8 cm³/mol. The van der Waals surface area contributed by atoms with Crippen LogP contribution in [-0.2, 0) is 0 Å². The monoisotopic (exact) mass is 256 g/mol. The van der Waals surface area contributed by atoms with E-state index in [1.54, 1.807) is 0 Å². The molecule has 1 amide bonds. The van der Waals surface area contributed by atoms with Gasteiger partial charge in [-0.3, -0.25) is 4.79 Å². The molecular weight excluding hydrogens is 243 g/mol. The zero-order valence-corrected chi connectivity index (χ0v) is 9.97. The number of carbonyl (C=O) groups excluding carboxylic acids is 1. The molecular formula is C12H14ClFN2O. The first kappa shape index (κ1) is 12.3. The number of amides is 1. The van der Waals surface area contributed by atoms with E-state index < -0.39 is 0 Å². The minimum Gasteiger partial charge on any atom is -0.349 e. The van der Waals surface area contributed by atoms with Crippen LogP contribution in [0.2, 0.25) is 0 Å². The second kappa shape index (κ2) is 4.63. The van der Waals surface area contributed by atoms with Gasteiger partial charge in [-0.1, -0.05) is 0 Å². The van der Waals surface area contributed by atoms with E-state index in [1.165, 1.54) is 24.3 Å². The van der Waals surface area contributed by atoms with Gasteiger partial charge in [0.05, 0.1) is 0 Å². The second-order valence-electron chi connectivity index (χ2n) is 4.49. The molecule has 0 spiro atoms. The fourth-order valence-electron chi connectivity index (χ4n) is 2.47. The number of carbonyl (C=O) groups is 1. The van der Waals surface area contributed by atoms with Gasteiger partial charge in [-0.05, 0) is 36.1 Å². The van der Waals surface area contributed by atoms with Crippen molar-refractivity contribution < 1.29 is 9.18 Å². The smallest absolute Gasteiger partial charge is 0.251 e. The van der Waals surface area contributed by atoms with Crippen LogP contribution in [0, 0.1) is 17.7 Å². The summed E-state index contributed by atoms with van der Waals surface area (Å²) in [5, 5.41) is 6.26. The summed E-state index contributed by atoms with van der Waals surface area (Å²) in [6.07, 6.45) is 0. The summed E-state index contributed by atoms with van der Waals surface area (Å²) in [6.45, 7) is 2.00. The largest absolute Gasteiger partial charge is 0.349 e.